The summed E-state index contributed by atoms with van der Waals surface area (Å²) in [7, 11) is 0. The number of anilines is 3. The second-order valence-electron chi connectivity index (χ2n) is 20.0. The van der Waals surface area contributed by atoms with Crippen LogP contribution < -0.4 is 4.90 Å². The molecule has 1 atom stereocenters. The van der Waals surface area contributed by atoms with Gasteiger partial charge in [0.05, 0.1) is 5.69 Å². The lowest BCUT2D eigenvalue weighted by molar-refractivity contribution is 0.718. The van der Waals surface area contributed by atoms with E-state index in [0.29, 0.717) is 0 Å². The molecular formula is C71H57N. The van der Waals surface area contributed by atoms with Crippen LogP contribution in [0.4, 0.5) is 17.1 Å². The predicted molar refractivity (Wildman–Crippen MR) is 309 cm³/mol. The summed E-state index contributed by atoms with van der Waals surface area (Å²) in [5.41, 5.74) is 22.3. The van der Waals surface area contributed by atoms with Gasteiger partial charge in [-0.2, -0.15) is 0 Å². The van der Waals surface area contributed by atoms with Gasteiger partial charge < -0.3 is 4.90 Å². The van der Waals surface area contributed by atoms with Crippen molar-refractivity contribution >= 4 is 49.4 Å². The predicted octanol–water partition coefficient (Wildman–Crippen LogP) is 19.7. The normalized spacial score (nSPS) is 11.9. The van der Waals surface area contributed by atoms with E-state index in [1.807, 2.05) is 0 Å². The first-order chi connectivity index (χ1) is 35.3. The number of hydrogen-bond acceptors (Lipinski definition) is 1. The van der Waals surface area contributed by atoms with E-state index in [4.69, 9.17) is 0 Å². The minimum absolute atomic E-state index is 0.186. The van der Waals surface area contributed by atoms with Crippen LogP contribution in [0, 0.1) is 27.7 Å². The lowest BCUT2D eigenvalue weighted by atomic mass is 9.82. The van der Waals surface area contributed by atoms with Gasteiger partial charge in [-0.3, -0.25) is 0 Å². The molecule has 346 valence electrons. The van der Waals surface area contributed by atoms with Gasteiger partial charge in [0.2, 0.25) is 0 Å². The Morgan fingerprint density at radius 2 is 0.736 bits per heavy atom. The van der Waals surface area contributed by atoms with Gasteiger partial charge in [-0.15, -0.1) is 0 Å². The number of nitrogens with zero attached hydrogens (tertiary/aromatic N) is 1. The summed E-state index contributed by atoms with van der Waals surface area (Å²) in [6.07, 6.45) is 1.89. The number of hydrogen-bond donors (Lipinski definition) is 0. The van der Waals surface area contributed by atoms with Gasteiger partial charge in [0.25, 0.3) is 0 Å². The molecule has 0 N–H and O–H groups in total. The average molecular weight is 924 g/mol. The molecule has 1 unspecified atom stereocenters. The fraction of sp³-hybridized carbons (Fsp3) is 0.0986. The highest BCUT2D eigenvalue weighted by Gasteiger charge is 2.22. The van der Waals surface area contributed by atoms with Gasteiger partial charge >= 0.3 is 0 Å². The highest BCUT2D eigenvalue weighted by atomic mass is 15.1. The van der Waals surface area contributed by atoms with Crippen LogP contribution in [0.5, 0.6) is 0 Å². The minimum Gasteiger partial charge on any atom is -0.310 e. The monoisotopic (exact) mass is 923 g/mol. The Kier molecular flexibility index (Phi) is 11.8. The third-order valence-corrected chi connectivity index (χ3v) is 15.0. The van der Waals surface area contributed by atoms with E-state index in [0.717, 1.165) is 29.9 Å². The molecule has 1 heteroatoms. The second-order valence-corrected chi connectivity index (χ2v) is 20.0. The van der Waals surface area contributed by atoms with Crippen molar-refractivity contribution in [1.82, 2.24) is 0 Å². The van der Waals surface area contributed by atoms with Crippen LogP contribution in [0.2, 0.25) is 0 Å². The highest BCUT2D eigenvalue weighted by molar-refractivity contribution is 6.26. The lowest BCUT2D eigenvalue weighted by Crippen LogP contribution is -2.11. The van der Waals surface area contributed by atoms with Crippen molar-refractivity contribution in [1.29, 1.82) is 0 Å². The highest BCUT2D eigenvalue weighted by Crippen LogP contribution is 2.47. The molecule has 12 rings (SSSR count). The molecular weight excluding hydrogens is 867 g/mol. The molecule has 1 nitrogen and oxygen atoms in total. The minimum atomic E-state index is 0.186. The largest absolute Gasteiger partial charge is 0.310 e. The molecule has 72 heavy (non-hydrogen) atoms. The molecule has 0 amide bonds. The lowest BCUT2D eigenvalue weighted by Gasteiger charge is -2.29. The van der Waals surface area contributed by atoms with E-state index in [-0.39, 0.29) is 5.92 Å². The summed E-state index contributed by atoms with van der Waals surface area (Å²) in [5.74, 6) is 0.186. The molecule has 0 bridgehead atoms. The summed E-state index contributed by atoms with van der Waals surface area (Å²) >= 11 is 0. The Bertz CT molecular complexity index is 3720. The molecule has 0 saturated heterocycles. The van der Waals surface area contributed by atoms with Gasteiger partial charge in [-0.05, 0) is 171 Å². The summed E-state index contributed by atoms with van der Waals surface area (Å²) in [6.45, 7) is 8.63. The maximum absolute atomic E-state index is 2.47. The van der Waals surface area contributed by atoms with Crippen LogP contribution in [-0.2, 0) is 6.42 Å². The van der Waals surface area contributed by atoms with E-state index in [2.05, 4.69) is 275 Å². The number of aryl methyl sites for hydroxylation is 5. The molecule has 0 aliphatic carbocycles. The van der Waals surface area contributed by atoms with Crippen molar-refractivity contribution in [3.63, 3.8) is 0 Å². The molecule has 0 aliphatic rings. The van der Waals surface area contributed by atoms with E-state index in [9.17, 15) is 0 Å². The molecule has 0 fully saturated rings. The topological polar surface area (TPSA) is 3.24 Å². The van der Waals surface area contributed by atoms with Gasteiger partial charge in [0, 0.05) is 22.7 Å². The van der Waals surface area contributed by atoms with Gasteiger partial charge in [-0.25, -0.2) is 0 Å². The van der Waals surface area contributed by atoms with Crippen LogP contribution in [0.1, 0.15) is 51.3 Å². The fourth-order valence-corrected chi connectivity index (χ4v) is 11.0. The molecule has 0 saturated carbocycles. The van der Waals surface area contributed by atoms with E-state index >= 15 is 0 Å². The number of para-hydroxylation sites is 1. The molecule has 0 heterocycles. The van der Waals surface area contributed by atoms with Crippen LogP contribution in [0.25, 0.3) is 76.8 Å². The molecule has 0 radical (unpaired) electrons. The molecule has 0 aliphatic heterocycles. The number of rotatable bonds is 12. The van der Waals surface area contributed by atoms with Crippen LogP contribution in [-0.4, -0.2) is 0 Å². The first kappa shape index (κ1) is 44.7. The zero-order chi connectivity index (χ0) is 48.7. The van der Waals surface area contributed by atoms with Crippen molar-refractivity contribution < 1.29 is 0 Å². The van der Waals surface area contributed by atoms with Crippen molar-refractivity contribution in [3.05, 3.63) is 282 Å². The second kappa shape index (κ2) is 19.0. The van der Waals surface area contributed by atoms with Crippen molar-refractivity contribution in [3.8, 4) is 44.5 Å². The van der Waals surface area contributed by atoms with E-state index < -0.39 is 0 Å². The van der Waals surface area contributed by atoms with Crippen LogP contribution in [0.15, 0.2) is 243 Å². The molecule has 12 aromatic carbocycles. The Balaban J connectivity index is 0.985. The summed E-state index contributed by atoms with van der Waals surface area (Å²) < 4.78 is 0. The Morgan fingerprint density at radius 1 is 0.319 bits per heavy atom. The maximum atomic E-state index is 2.47. The van der Waals surface area contributed by atoms with Crippen LogP contribution >= 0.6 is 0 Å². The zero-order valence-electron chi connectivity index (χ0n) is 41.5. The fourth-order valence-electron chi connectivity index (χ4n) is 11.0. The van der Waals surface area contributed by atoms with Gasteiger partial charge in [-0.1, -0.05) is 222 Å². The zero-order valence-corrected chi connectivity index (χ0v) is 41.5. The summed E-state index contributed by atoms with van der Waals surface area (Å²) in [5, 5.41) is 7.74. The van der Waals surface area contributed by atoms with E-state index in [1.165, 1.54) is 116 Å². The molecule has 0 aromatic heterocycles. The van der Waals surface area contributed by atoms with Gasteiger partial charge in [0.15, 0.2) is 0 Å². The van der Waals surface area contributed by atoms with E-state index in [1.54, 1.807) is 0 Å². The first-order valence-corrected chi connectivity index (χ1v) is 25.5. The summed E-state index contributed by atoms with van der Waals surface area (Å²) in [4.78, 5) is 2.47. The smallest absolute Gasteiger partial charge is 0.0540 e. The maximum Gasteiger partial charge on any atom is 0.0540 e. The standard InChI is InChI=1S/C71H57N/c1-47-15-23-51(24-16-47)59-41-60(52-25-17-48(2)18-26-52)44-63(43-59)66(55-11-7-5-8-12-55)37-33-56-31-32-57-35-39-68-69(40-36-58-34-38-67(56)70(57)71(58)68)72(64-13-9-6-10-14-64)65-45-61(53-27-19-49(3)20-28-53)42-62(46-65)54-29-21-50(4)22-30-54/h5-32,34-36,38-46,66H,33,37H2,1-4H3. The number of benzene rings is 12. The van der Waals surface area contributed by atoms with Crippen molar-refractivity contribution in [2.24, 2.45) is 0 Å². The van der Waals surface area contributed by atoms with Crippen molar-refractivity contribution in [2.45, 2.75) is 46.5 Å². The van der Waals surface area contributed by atoms with Crippen LogP contribution in [0.3, 0.4) is 0 Å². The van der Waals surface area contributed by atoms with Gasteiger partial charge in [0.1, 0.15) is 0 Å². The third kappa shape index (κ3) is 8.73. The summed E-state index contributed by atoms with van der Waals surface area (Å²) in [6, 6.07) is 91.1. The van der Waals surface area contributed by atoms with Crippen molar-refractivity contribution in [2.75, 3.05) is 4.90 Å². The SMILES string of the molecule is Cc1ccc(-c2cc(-c3ccc(C)cc3)cc(C(CCc3ccc4ccc5c(N(c6ccccc6)c6cc(-c7ccc(C)cc7)cc(-c7ccc(C)cc7)c6)ccc6ccc3c4c65)c3ccccc3)c2)cc1. The Labute approximate surface area is 424 Å². The molecule has 12 aromatic rings. The Morgan fingerprint density at radius 3 is 1.24 bits per heavy atom. The molecule has 0 spiro atoms. The Hall–Kier alpha value is -8.52. The first-order valence-electron chi connectivity index (χ1n) is 25.5. The third-order valence-electron chi connectivity index (χ3n) is 15.0. The quantitative estimate of drug-likeness (QED) is 0.110. The average Bonchev–Trinajstić information content (AvgIpc) is 3.42.